The van der Waals surface area contributed by atoms with Crippen molar-refractivity contribution in [3.05, 3.63) is 64.7 Å². The number of rotatable bonds is 4. The molecule has 3 nitrogen and oxygen atoms in total. The Morgan fingerprint density at radius 1 is 1.15 bits per heavy atom. The van der Waals surface area contributed by atoms with Gasteiger partial charge in [0.1, 0.15) is 0 Å². The van der Waals surface area contributed by atoms with E-state index in [1.165, 1.54) is 28.0 Å². The van der Waals surface area contributed by atoms with E-state index in [-0.39, 0.29) is 11.4 Å². The van der Waals surface area contributed by atoms with Gasteiger partial charge in [0, 0.05) is 18.4 Å². The normalized spacial score (nSPS) is 15.0. The van der Waals surface area contributed by atoms with Crippen LogP contribution in [0.25, 0.3) is 5.57 Å². The number of esters is 1. The first-order valence-electron chi connectivity index (χ1n) is 9.58. The highest BCUT2D eigenvalue weighted by molar-refractivity contribution is 5.90. The van der Waals surface area contributed by atoms with Crippen LogP contribution in [0.2, 0.25) is 0 Å². The number of hydrogen-bond acceptors (Lipinski definition) is 3. The molecule has 3 rings (SSSR count). The van der Waals surface area contributed by atoms with Crippen LogP contribution in [0, 0.1) is 6.92 Å². The van der Waals surface area contributed by atoms with E-state index in [4.69, 9.17) is 4.74 Å². The van der Waals surface area contributed by atoms with Gasteiger partial charge in [0.15, 0.2) is 0 Å². The highest BCUT2D eigenvalue weighted by Crippen LogP contribution is 2.42. The fourth-order valence-electron chi connectivity index (χ4n) is 3.75. The number of ether oxygens (including phenoxy) is 1. The van der Waals surface area contributed by atoms with Gasteiger partial charge in [0.2, 0.25) is 0 Å². The molecule has 0 N–H and O–H groups in total. The third-order valence-electron chi connectivity index (χ3n) is 5.54. The van der Waals surface area contributed by atoms with Gasteiger partial charge in [-0.2, -0.15) is 0 Å². The summed E-state index contributed by atoms with van der Waals surface area (Å²) < 4.78 is 5.07. The van der Waals surface area contributed by atoms with Gasteiger partial charge in [-0.05, 0) is 91.3 Å². The van der Waals surface area contributed by atoms with Crippen molar-refractivity contribution >= 4 is 22.9 Å². The van der Waals surface area contributed by atoms with Gasteiger partial charge in [-0.3, -0.25) is 0 Å². The molecule has 0 aliphatic heterocycles. The molecule has 1 aliphatic carbocycles. The molecular formula is C24H29NO2. The number of aryl methyl sites for hydroxylation is 1. The quantitative estimate of drug-likeness (QED) is 0.622. The van der Waals surface area contributed by atoms with Crippen LogP contribution < -0.4 is 4.90 Å². The Balaban J connectivity index is 1.97. The van der Waals surface area contributed by atoms with Gasteiger partial charge in [-0.15, -0.1) is 0 Å². The molecule has 0 radical (unpaired) electrons. The molecule has 3 heteroatoms. The molecular weight excluding hydrogens is 334 g/mol. The first kappa shape index (κ1) is 19.2. The summed E-state index contributed by atoms with van der Waals surface area (Å²) in [5.74, 6) is -0.277. The lowest BCUT2D eigenvalue weighted by Gasteiger charge is -2.34. The zero-order valence-electron chi connectivity index (χ0n) is 17.2. The molecule has 1 aliphatic rings. The molecule has 0 fully saturated rings. The molecule has 0 bridgehead atoms. The van der Waals surface area contributed by atoms with E-state index in [9.17, 15) is 4.79 Å². The smallest absolute Gasteiger partial charge is 0.338 e. The molecule has 0 heterocycles. The number of anilines is 2. The summed E-state index contributed by atoms with van der Waals surface area (Å²) in [5, 5.41) is 0. The minimum Gasteiger partial charge on any atom is -0.462 e. The summed E-state index contributed by atoms with van der Waals surface area (Å²) in [6.07, 6.45) is 3.41. The van der Waals surface area contributed by atoms with Gasteiger partial charge in [-0.1, -0.05) is 19.9 Å². The van der Waals surface area contributed by atoms with Gasteiger partial charge >= 0.3 is 5.97 Å². The number of carbonyl (C=O) groups excluding carboxylic acids is 1. The number of hydrogen-bond donors (Lipinski definition) is 0. The zero-order valence-corrected chi connectivity index (χ0v) is 17.2. The van der Waals surface area contributed by atoms with E-state index in [2.05, 4.69) is 57.9 Å². The van der Waals surface area contributed by atoms with Crippen LogP contribution in [0.3, 0.4) is 0 Å². The van der Waals surface area contributed by atoms with Crippen molar-refractivity contribution in [1.82, 2.24) is 0 Å². The SMILES string of the molecule is CCOC(=O)c1ccc(N(C)c2cc3c(cc2C)C(C)=CCC3(C)C)cc1. The van der Waals surface area contributed by atoms with E-state index in [0.29, 0.717) is 12.2 Å². The van der Waals surface area contributed by atoms with Crippen molar-refractivity contribution < 1.29 is 9.53 Å². The summed E-state index contributed by atoms with van der Waals surface area (Å²) >= 11 is 0. The van der Waals surface area contributed by atoms with Crippen LogP contribution in [0.4, 0.5) is 11.4 Å². The molecule has 0 amide bonds. The highest BCUT2D eigenvalue weighted by atomic mass is 16.5. The third-order valence-corrected chi connectivity index (χ3v) is 5.54. The van der Waals surface area contributed by atoms with E-state index >= 15 is 0 Å². The monoisotopic (exact) mass is 363 g/mol. The van der Waals surface area contributed by atoms with E-state index < -0.39 is 0 Å². The molecule has 2 aromatic carbocycles. The number of nitrogens with zero attached hydrogens (tertiary/aromatic N) is 1. The summed E-state index contributed by atoms with van der Waals surface area (Å²) in [6, 6.07) is 12.2. The Hall–Kier alpha value is -2.55. The number of benzene rings is 2. The maximum absolute atomic E-state index is 11.9. The van der Waals surface area contributed by atoms with Crippen molar-refractivity contribution in [3.8, 4) is 0 Å². The fraction of sp³-hybridized carbons (Fsp3) is 0.375. The second kappa shape index (κ2) is 7.22. The van der Waals surface area contributed by atoms with Crippen LogP contribution in [0.5, 0.6) is 0 Å². The maximum Gasteiger partial charge on any atom is 0.338 e. The number of fused-ring (bicyclic) bond motifs is 1. The van der Waals surface area contributed by atoms with Crippen molar-refractivity contribution in [2.24, 2.45) is 0 Å². The lowest BCUT2D eigenvalue weighted by atomic mass is 9.73. The minimum atomic E-state index is -0.277. The maximum atomic E-state index is 11.9. The molecule has 2 aromatic rings. The Labute approximate surface area is 162 Å². The van der Waals surface area contributed by atoms with Crippen molar-refractivity contribution in [2.75, 3.05) is 18.6 Å². The van der Waals surface area contributed by atoms with Crippen LogP contribution in [0.15, 0.2) is 42.5 Å². The van der Waals surface area contributed by atoms with Crippen molar-refractivity contribution in [2.45, 2.75) is 46.5 Å². The average molecular weight is 364 g/mol. The summed E-state index contributed by atoms with van der Waals surface area (Å²) in [7, 11) is 2.08. The lowest BCUT2D eigenvalue weighted by molar-refractivity contribution is 0.0526. The highest BCUT2D eigenvalue weighted by Gasteiger charge is 2.28. The largest absolute Gasteiger partial charge is 0.462 e. The topological polar surface area (TPSA) is 29.5 Å². The van der Waals surface area contributed by atoms with Gasteiger partial charge in [-0.25, -0.2) is 4.79 Å². The standard InChI is InChI=1S/C24H29NO2/c1-7-27-23(26)18-8-10-19(11-9-18)25(6)22-15-21-20(14-17(22)3)16(2)12-13-24(21,4)5/h8-12,14-15H,7,13H2,1-6H3. The van der Waals surface area contributed by atoms with Crippen LogP contribution in [0.1, 0.15) is 61.2 Å². The fourth-order valence-corrected chi connectivity index (χ4v) is 3.75. The summed E-state index contributed by atoms with van der Waals surface area (Å²) in [6.45, 7) is 11.2. The molecule has 0 spiro atoms. The van der Waals surface area contributed by atoms with Gasteiger partial charge < -0.3 is 9.64 Å². The summed E-state index contributed by atoms with van der Waals surface area (Å²) in [5.41, 5.74) is 8.32. The second-order valence-corrected chi connectivity index (χ2v) is 7.99. The Bertz CT molecular complexity index is 891. The Morgan fingerprint density at radius 2 is 1.81 bits per heavy atom. The molecule has 0 unspecified atom stereocenters. The Kier molecular flexibility index (Phi) is 5.14. The van der Waals surface area contributed by atoms with Crippen molar-refractivity contribution in [3.63, 3.8) is 0 Å². The van der Waals surface area contributed by atoms with E-state index in [1.807, 2.05) is 31.2 Å². The second-order valence-electron chi connectivity index (χ2n) is 7.99. The molecule has 0 atom stereocenters. The predicted octanol–water partition coefficient (Wildman–Crippen LogP) is 6.02. The third kappa shape index (κ3) is 3.64. The van der Waals surface area contributed by atoms with E-state index in [1.54, 1.807) is 0 Å². The molecule has 0 saturated carbocycles. The minimum absolute atomic E-state index is 0.131. The van der Waals surface area contributed by atoms with Gasteiger partial charge in [0.25, 0.3) is 0 Å². The lowest BCUT2D eigenvalue weighted by Crippen LogP contribution is -2.23. The van der Waals surface area contributed by atoms with Crippen LogP contribution >= 0.6 is 0 Å². The first-order valence-corrected chi connectivity index (χ1v) is 9.58. The Morgan fingerprint density at radius 3 is 2.44 bits per heavy atom. The number of allylic oxidation sites excluding steroid dienone is 2. The van der Waals surface area contributed by atoms with E-state index in [0.717, 1.165) is 12.1 Å². The number of carbonyl (C=O) groups is 1. The van der Waals surface area contributed by atoms with Crippen molar-refractivity contribution in [1.29, 1.82) is 0 Å². The molecule has 27 heavy (non-hydrogen) atoms. The predicted molar refractivity (Wildman–Crippen MR) is 113 cm³/mol. The first-order chi connectivity index (χ1) is 12.7. The molecule has 0 saturated heterocycles. The van der Waals surface area contributed by atoms with Gasteiger partial charge in [0.05, 0.1) is 12.2 Å². The summed E-state index contributed by atoms with van der Waals surface area (Å²) in [4.78, 5) is 14.1. The van der Waals surface area contributed by atoms with Crippen LogP contribution in [-0.2, 0) is 10.2 Å². The van der Waals surface area contributed by atoms with Crippen LogP contribution in [-0.4, -0.2) is 19.6 Å². The molecule has 142 valence electrons. The average Bonchev–Trinajstić information content (AvgIpc) is 2.64. The molecule has 0 aromatic heterocycles. The zero-order chi connectivity index (χ0) is 19.8.